The molecule has 0 unspecified atom stereocenters. The molecule has 0 saturated carbocycles. The van der Waals surface area contributed by atoms with Crippen LogP contribution in [0.3, 0.4) is 0 Å². The average molecular weight is 475 g/mol. The SMILES string of the molecule is COc1cc(/C=N\Nc2ncccc2[N+](=O)[O-])c(Br)cc1OCc1ccccc1F. The second kappa shape index (κ2) is 9.79. The van der Waals surface area contributed by atoms with E-state index >= 15 is 0 Å². The van der Waals surface area contributed by atoms with Gasteiger partial charge in [-0.05, 0) is 40.2 Å². The highest BCUT2D eigenvalue weighted by Crippen LogP contribution is 2.33. The smallest absolute Gasteiger partial charge is 0.313 e. The second-order valence-electron chi connectivity index (χ2n) is 5.90. The zero-order valence-corrected chi connectivity index (χ0v) is 17.3. The molecule has 3 rings (SSSR count). The Bertz CT molecular complexity index is 1090. The van der Waals surface area contributed by atoms with Gasteiger partial charge in [-0.15, -0.1) is 0 Å². The van der Waals surface area contributed by atoms with E-state index in [1.165, 1.54) is 37.7 Å². The number of anilines is 1. The third-order valence-corrected chi connectivity index (χ3v) is 4.67. The van der Waals surface area contributed by atoms with Crippen LogP contribution in [0.2, 0.25) is 0 Å². The summed E-state index contributed by atoms with van der Waals surface area (Å²) in [5.74, 6) is 0.499. The molecule has 0 fully saturated rings. The zero-order valence-electron chi connectivity index (χ0n) is 15.7. The molecular weight excluding hydrogens is 459 g/mol. The van der Waals surface area contributed by atoms with Gasteiger partial charge in [0.2, 0.25) is 5.82 Å². The van der Waals surface area contributed by atoms with E-state index < -0.39 is 4.92 Å². The lowest BCUT2D eigenvalue weighted by atomic mass is 10.2. The predicted octanol–water partition coefficient (Wildman–Crippen LogP) is 4.93. The van der Waals surface area contributed by atoms with Crippen LogP contribution in [-0.4, -0.2) is 23.2 Å². The van der Waals surface area contributed by atoms with E-state index in [-0.39, 0.29) is 23.9 Å². The normalized spacial score (nSPS) is 10.8. The topological polar surface area (TPSA) is 98.9 Å². The van der Waals surface area contributed by atoms with Crippen LogP contribution in [0.5, 0.6) is 11.5 Å². The van der Waals surface area contributed by atoms with Crippen molar-refractivity contribution in [1.29, 1.82) is 0 Å². The molecule has 0 aliphatic rings. The summed E-state index contributed by atoms with van der Waals surface area (Å²) in [5.41, 5.74) is 3.41. The minimum absolute atomic E-state index is 0.0201. The molecule has 154 valence electrons. The standard InChI is InChI=1S/C20H16BrFN4O4/c1-29-18-9-14(11-24-25-20-17(26(27)28)7-4-8-23-20)15(21)10-19(18)30-12-13-5-2-3-6-16(13)22/h2-11H,12H2,1H3,(H,23,25)/b24-11-. The molecule has 0 aliphatic heterocycles. The van der Waals surface area contributed by atoms with Crippen molar-refractivity contribution >= 4 is 33.6 Å². The molecule has 0 amide bonds. The van der Waals surface area contributed by atoms with Crippen molar-refractivity contribution in [2.45, 2.75) is 6.61 Å². The van der Waals surface area contributed by atoms with Gasteiger partial charge in [0.15, 0.2) is 11.5 Å². The van der Waals surface area contributed by atoms with E-state index in [0.29, 0.717) is 27.1 Å². The Labute approximate surface area is 179 Å². The molecule has 2 aromatic carbocycles. The van der Waals surface area contributed by atoms with E-state index in [1.54, 1.807) is 30.3 Å². The van der Waals surface area contributed by atoms with Crippen molar-refractivity contribution in [3.63, 3.8) is 0 Å². The first-order valence-corrected chi connectivity index (χ1v) is 9.41. The molecule has 8 nitrogen and oxygen atoms in total. The lowest BCUT2D eigenvalue weighted by molar-refractivity contribution is -0.384. The summed E-state index contributed by atoms with van der Waals surface area (Å²) < 4.78 is 25.5. The van der Waals surface area contributed by atoms with Crippen LogP contribution >= 0.6 is 15.9 Å². The van der Waals surface area contributed by atoms with Gasteiger partial charge in [-0.2, -0.15) is 5.10 Å². The monoisotopic (exact) mass is 474 g/mol. The highest BCUT2D eigenvalue weighted by molar-refractivity contribution is 9.10. The number of hydrazone groups is 1. The number of rotatable bonds is 8. The third kappa shape index (κ3) is 5.09. The van der Waals surface area contributed by atoms with Crippen molar-refractivity contribution in [2.24, 2.45) is 5.10 Å². The van der Waals surface area contributed by atoms with Crippen LogP contribution in [0.1, 0.15) is 11.1 Å². The van der Waals surface area contributed by atoms with Crippen molar-refractivity contribution in [2.75, 3.05) is 12.5 Å². The number of hydrogen-bond donors (Lipinski definition) is 1. The number of aromatic nitrogens is 1. The van der Waals surface area contributed by atoms with Gasteiger partial charge in [-0.3, -0.25) is 15.5 Å². The van der Waals surface area contributed by atoms with Gasteiger partial charge in [0, 0.05) is 27.9 Å². The summed E-state index contributed by atoms with van der Waals surface area (Å²) in [4.78, 5) is 14.4. The maximum atomic E-state index is 13.8. The molecule has 30 heavy (non-hydrogen) atoms. The first-order valence-electron chi connectivity index (χ1n) is 8.62. The molecule has 0 atom stereocenters. The second-order valence-corrected chi connectivity index (χ2v) is 6.76. The fourth-order valence-electron chi connectivity index (χ4n) is 2.49. The number of ether oxygens (including phenoxy) is 2. The van der Waals surface area contributed by atoms with Crippen LogP contribution in [0.25, 0.3) is 0 Å². The number of pyridine rings is 1. The zero-order chi connectivity index (χ0) is 21.5. The predicted molar refractivity (Wildman–Crippen MR) is 114 cm³/mol. The van der Waals surface area contributed by atoms with Gasteiger partial charge in [-0.25, -0.2) is 9.37 Å². The Kier molecular flexibility index (Phi) is 6.91. The lowest BCUT2D eigenvalue weighted by Crippen LogP contribution is -2.01. The van der Waals surface area contributed by atoms with Gasteiger partial charge in [-0.1, -0.05) is 18.2 Å². The molecule has 0 saturated heterocycles. The van der Waals surface area contributed by atoms with Crippen LogP contribution < -0.4 is 14.9 Å². The number of nitrogens with zero attached hydrogens (tertiary/aromatic N) is 3. The summed E-state index contributed by atoms with van der Waals surface area (Å²) >= 11 is 3.42. The largest absolute Gasteiger partial charge is 0.493 e. The fraction of sp³-hybridized carbons (Fsp3) is 0.100. The van der Waals surface area contributed by atoms with Crippen LogP contribution in [0.15, 0.2) is 64.3 Å². The first kappa shape index (κ1) is 21.2. The molecule has 10 heteroatoms. The Morgan fingerprint density at radius 1 is 1.27 bits per heavy atom. The van der Waals surface area contributed by atoms with E-state index in [2.05, 4.69) is 31.4 Å². The Morgan fingerprint density at radius 2 is 2.07 bits per heavy atom. The summed E-state index contributed by atoms with van der Waals surface area (Å²) in [6.45, 7) is 0.0355. The summed E-state index contributed by atoms with van der Waals surface area (Å²) in [6.07, 6.45) is 2.87. The molecule has 3 aromatic rings. The summed E-state index contributed by atoms with van der Waals surface area (Å²) in [6, 6.07) is 12.5. The Morgan fingerprint density at radius 3 is 2.80 bits per heavy atom. The number of methoxy groups -OCH3 is 1. The number of hydrogen-bond acceptors (Lipinski definition) is 7. The van der Waals surface area contributed by atoms with Crippen LogP contribution in [0.4, 0.5) is 15.9 Å². The van der Waals surface area contributed by atoms with Gasteiger partial charge < -0.3 is 9.47 Å². The van der Waals surface area contributed by atoms with Gasteiger partial charge >= 0.3 is 5.69 Å². The third-order valence-electron chi connectivity index (χ3n) is 3.98. The van der Waals surface area contributed by atoms with Crippen molar-refractivity contribution in [1.82, 2.24) is 4.98 Å². The highest BCUT2D eigenvalue weighted by atomic mass is 79.9. The average Bonchev–Trinajstić information content (AvgIpc) is 2.74. The maximum Gasteiger partial charge on any atom is 0.313 e. The molecule has 0 radical (unpaired) electrons. The van der Waals surface area contributed by atoms with E-state index in [1.807, 2.05) is 0 Å². The molecule has 1 N–H and O–H groups in total. The summed E-state index contributed by atoms with van der Waals surface area (Å²) in [5, 5.41) is 15.0. The van der Waals surface area contributed by atoms with Gasteiger partial charge in [0.05, 0.1) is 18.2 Å². The van der Waals surface area contributed by atoms with Crippen LogP contribution in [-0.2, 0) is 6.61 Å². The minimum atomic E-state index is -0.550. The molecule has 1 heterocycles. The number of nitro groups is 1. The summed E-state index contributed by atoms with van der Waals surface area (Å²) in [7, 11) is 1.48. The van der Waals surface area contributed by atoms with E-state index in [4.69, 9.17) is 9.47 Å². The number of benzene rings is 2. The van der Waals surface area contributed by atoms with Crippen LogP contribution in [0, 0.1) is 15.9 Å². The highest BCUT2D eigenvalue weighted by Gasteiger charge is 2.14. The van der Waals surface area contributed by atoms with Crippen molar-refractivity contribution in [3.05, 3.63) is 86.3 Å². The Hall–Kier alpha value is -3.53. The van der Waals surface area contributed by atoms with Crippen molar-refractivity contribution in [3.8, 4) is 11.5 Å². The molecule has 0 bridgehead atoms. The lowest BCUT2D eigenvalue weighted by Gasteiger charge is -2.13. The molecule has 0 spiro atoms. The van der Waals surface area contributed by atoms with Crippen molar-refractivity contribution < 1.29 is 18.8 Å². The van der Waals surface area contributed by atoms with E-state index in [9.17, 15) is 14.5 Å². The quantitative estimate of drug-likeness (QED) is 0.282. The van der Waals surface area contributed by atoms with E-state index in [0.717, 1.165) is 0 Å². The minimum Gasteiger partial charge on any atom is -0.493 e. The molecular formula is C20H16BrFN4O4. The van der Waals surface area contributed by atoms with Gasteiger partial charge in [0.1, 0.15) is 12.4 Å². The molecule has 1 aromatic heterocycles. The maximum absolute atomic E-state index is 13.8. The van der Waals surface area contributed by atoms with Gasteiger partial charge in [0.25, 0.3) is 0 Å². The number of halogens is 2. The first-order chi connectivity index (χ1) is 14.5. The molecule has 0 aliphatic carbocycles. The fourth-order valence-corrected chi connectivity index (χ4v) is 2.91. The number of nitrogens with one attached hydrogen (secondary N) is 1. The Balaban J connectivity index is 1.76.